The van der Waals surface area contributed by atoms with Gasteiger partial charge in [-0.3, -0.25) is 19.4 Å². The van der Waals surface area contributed by atoms with Crippen molar-refractivity contribution in [3.8, 4) is 0 Å². The highest BCUT2D eigenvalue weighted by Gasteiger charge is 2.72. The van der Waals surface area contributed by atoms with E-state index in [-0.39, 0.29) is 33.9 Å². The molecule has 0 radical (unpaired) electrons. The molecule has 4 atom stereocenters. The fourth-order valence-electron chi connectivity index (χ4n) is 6.50. The molecule has 0 bridgehead atoms. The molecule has 5 N–H and O–H groups in total. The molecule has 4 aromatic rings. The lowest BCUT2D eigenvalue weighted by molar-refractivity contribution is -0.110. The first-order valence-electron chi connectivity index (χ1n) is 12.9. The van der Waals surface area contributed by atoms with Crippen LogP contribution in [0.5, 0.6) is 0 Å². The molecular formula is C30H23N5O3S. The number of nitrogen functional groups attached to an aromatic ring is 1. The predicted molar refractivity (Wildman–Crippen MR) is 153 cm³/mol. The van der Waals surface area contributed by atoms with Gasteiger partial charge in [0, 0.05) is 55.9 Å². The molecule has 2 aliphatic heterocycles. The van der Waals surface area contributed by atoms with Crippen molar-refractivity contribution in [3.63, 3.8) is 0 Å². The molecule has 8 rings (SSSR count). The quantitative estimate of drug-likeness (QED) is 0.166. The molecule has 0 saturated heterocycles. The minimum atomic E-state index is -0.643. The van der Waals surface area contributed by atoms with Gasteiger partial charge in [0.05, 0.1) is 10.9 Å². The number of rotatable bonds is 4. The molecule has 1 amide bonds. The zero-order chi connectivity index (χ0) is 26.6. The van der Waals surface area contributed by atoms with Crippen molar-refractivity contribution < 1.29 is 14.4 Å². The van der Waals surface area contributed by atoms with E-state index in [4.69, 9.17) is 5.73 Å². The van der Waals surface area contributed by atoms with Crippen LogP contribution in [0, 0.1) is 11.3 Å². The summed E-state index contributed by atoms with van der Waals surface area (Å²) >= 11 is 1.63. The number of aromatic amines is 2. The lowest BCUT2D eigenvalue weighted by Gasteiger charge is -2.32. The van der Waals surface area contributed by atoms with Crippen LogP contribution < -0.4 is 11.1 Å². The number of allylic oxidation sites excluding steroid dienone is 1. The van der Waals surface area contributed by atoms with E-state index in [0.29, 0.717) is 22.8 Å². The molecule has 4 aliphatic rings. The summed E-state index contributed by atoms with van der Waals surface area (Å²) in [6.45, 7) is 2.12. The van der Waals surface area contributed by atoms with Gasteiger partial charge in [-0.15, -0.1) is 11.8 Å². The number of thioether (sulfide) groups is 1. The third kappa shape index (κ3) is 3.07. The van der Waals surface area contributed by atoms with E-state index >= 15 is 0 Å². The first kappa shape index (κ1) is 22.6. The zero-order valence-electron chi connectivity index (χ0n) is 20.9. The fraction of sp³-hybridized carbons (Fsp3) is 0.200. The summed E-state index contributed by atoms with van der Waals surface area (Å²) in [4.78, 5) is 50.1. The summed E-state index contributed by atoms with van der Waals surface area (Å²) in [6.07, 6.45) is 4.61. The Morgan fingerprint density at radius 2 is 1.79 bits per heavy atom. The minimum absolute atomic E-state index is 0.0137. The van der Waals surface area contributed by atoms with Crippen molar-refractivity contribution in [2.24, 2.45) is 16.3 Å². The second-order valence-electron chi connectivity index (χ2n) is 10.8. The summed E-state index contributed by atoms with van der Waals surface area (Å²) in [5, 5.41) is 4.41. The number of benzene rings is 2. The van der Waals surface area contributed by atoms with E-state index in [9.17, 15) is 14.4 Å². The topological polar surface area (TPSA) is 133 Å². The van der Waals surface area contributed by atoms with Crippen molar-refractivity contribution in [2.45, 2.75) is 23.8 Å². The number of H-pyrrole nitrogens is 2. The van der Waals surface area contributed by atoms with Gasteiger partial charge in [-0.05, 0) is 66.4 Å². The first-order chi connectivity index (χ1) is 18.8. The Labute approximate surface area is 226 Å². The lowest BCUT2D eigenvalue weighted by Crippen LogP contribution is -2.36. The monoisotopic (exact) mass is 533 g/mol. The van der Waals surface area contributed by atoms with Crippen LogP contribution in [0.2, 0.25) is 0 Å². The minimum Gasteiger partial charge on any atom is -0.399 e. The maximum Gasteiger partial charge on any atom is 0.272 e. The summed E-state index contributed by atoms with van der Waals surface area (Å²) in [5.74, 6) is 0.0953. The van der Waals surface area contributed by atoms with Crippen molar-refractivity contribution in [3.05, 3.63) is 83.3 Å². The first-order valence-corrected chi connectivity index (χ1v) is 13.8. The van der Waals surface area contributed by atoms with Crippen molar-refractivity contribution in [2.75, 3.05) is 11.1 Å². The average Bonchev–Trinajstić information content (AvgIpc) is 3.52. The third-order valence-electron chi connectivity index (χ3n) is 8.39. The van der Waals surface area contributed by atoms with Gasteiger partial charge in [0.25, 0.3) is 5.91 Å². The molecule has 2 saturated carbocycles. The molecule has 2 aromatic heterocycles. The summed E-state index contributed by atoms with van der Waals surface area (Å²) < 4.78 is 0. The van der Waals surface area contributed by atoms with Gasteiger partial charge in [0.15, 0.2) is 11.6 Å². The Kier molecular flexibility index (Phi) is 4.41. The van der Waals surface area contributed by atoms with E-state index in [1.165, 1.54) is 0 Å². The van der Waals surface area contributed by atoms with Gasteiger partial charge in [-0.1, -0.05) is 13.0 Å². The van der Waals surface area contributed by atoms with E-state index < -0.39 is 5.41 Å². The Bertz CT molecular complexity index is 1910. The number of aliphatic imine (C=N–C) groups is 1. The van der Waals surface area contributed by atoms with Crippen molar-refractivity contribution >= 4 is 68.1 Å². The second-order valence-corrected chi connectivity index (χ2v) is 12.1. The number of nitrogens with two attached hydrogens (primary N) is 1. The molecule has 2 aliphatic carbocycles. The number of hydrogen-bond acceptors (Lipinski definition) is 6. The van der Waals surface area contributed by atoms with Gasteiger partial charge in [0.2, 0.25) is 0 Å². The average molecular weight is 534 g/mol. The van der Waals surface area contributed by atoms with Crippen molar-refractivity contribution in [1.29, 1.82) is 0 Å². The van der Waals surface area contributed by atoms with Crippen LogP contribution in [0.1, 0.15) is 34.3 Å². The van der Waals surface area contributed by atoms with Crippen LogP contribution in [0.3, 0.4) is 0 Å². The number of carbonyl (C=O) groups is 3. The SMILES string of the molecule is C[C@H]1C[C@H]2SC(C(=O)c3cc4cc(NC(=O)c5cc6cc(N)ccc6[nH]5)ccc4[nH]3)C=C2C23C(=O)C2=CN=C13. The number of anilines is 2. The molecule has 8 nitrogen and oxygen atoms in total. The predicted octanol–water partition coefficient (Wildman–Crippen LogP) is 5.02. The molecule has 4 heterocycles. The zero-order valence-corrected chi connectivity index (χ0v) is 21.7. The Hall–Kier alpha value is -4.37. The maximum absolute atomic E-state index is 13.6. The number of carbonyl (C=O) groups excluding carboxylic acids is 3. The standard InChI is InChI=1S/C30H23N5O3S/c1-13-6-24-18(30-19(28(30)37)12-32-27(13)30)11-25(39-24)26(36)22-9-15-8-17(3-5-21(15)34-22)33-29(38)23-10-14-7-16(31)2-4-20(14)35-23/h2-5,7-13,24-25,34-35H,6,31H2,1H3,(H,33,38)/t13-,24+,25?,30?/m0/s1. The highest BCUT2D eigenvalue weighted by Crippen LogP contribution is 2.66. The number of nitrogens with zero attached hydrogens (tertiary/aromatic N) is 1. The van der Waals surface area contributed by atoms with Crippen LogP contribution in [0.25, 0.3) is 21.8 Å². The lowest BCUT2D eigenvalue weighted by atomic mass is 9.73. The Morgan fingerprint density at radius 1 is 1.05 bits per heavy atom. The van der Waals surface area contributed by atoms with Crippen LogP contribution in [0.4, 0.5) is 11.4 Å². The van der Waals surface area contributed by atoms with Crippen LogP contribution in [-0.2, 0) is 4.79 Å². The van der Waals surface area contributed by atoms with Gasteiger partial charge in [-0.25, -0.2) is 0 Å². The molecule has 2 unspecified atom stereocenters. The summed E-state index contributed by atoms with van der Waals surface area (Å²) in [5.41, 5.74) is 11.9. The van der Waals surface area contributed by atoms with E-state index in [1.807, 2.05) is 36.4 Å². The maximum atomic E-state index is 13.6. The largest absolute Gasteiger partial charge is 0.399 e. The van der Waals surface area contributed by atoms with Gasteiger partial charge >= 0.3 is 0 Å². The molecule has 2 fully saturated rings. The summed E-state index contributed by atoms with van der Waals surface area (Å²) in [6, 6.07) is 14.6. The normalized spacial score (nSPS) is 26.5. The molecular weight excluding hydrogens is 510 g/mol. The number of fused-ring (bicyclic) bond motifs is 3. The number of amides is 1. The molecule has 9 heteroatoms. The molecule has 1 spiro atoms. The van der Waals surface area contributed by atoms with Crippen LogP contribution in [0.15, 0.2) is 76.9 Å². The van der Waals surface area contributed by atoms with Crippen molar-refractivity contribution in [1.82, 2.24) is 9.97 Å². The number of nitrogens with one attached hydrogen (secondary N) is 3. The van der Waals surface area contributed by atoms with Gasteiger partial charge in [-0.2, -0.15) is 0 Å². The molecule has 39 heavy (non-hydrogen) atoms. The third-order valence-corrected chi connectivity index (χ3v) is 9.81. The number of aromatic nitrogens is 2. The number of ketones is 2. The van der Waals surface area contributed by atoms with Crippen LogP contribution in [-0.4, -0.2) is 43.7 Å². The highest BCUT2D eigenvalue weighted by molar-refractivity contribution is 8.01. The Balaban J connectivity index is 1.04. The summed E-state index contributed by atoms with van der Waals surface area (Å²) in [7, 11) is 0. The van der Waals surface area contributed by atoms with Crippen LogP contribution >= 0.6 is 11.8 Å². The molecule has 2 aromatic carbocycles. The smallest absolute Gasteiger partial charge is 0.272 e. The van der Waals surface area contributed by atoms with Gasteiger partial charge in [0.1, 0.15) is 11.1 Å². The fourth-order valence-corrected chi connectivity index (χ4v) is 8.13. The Morgan fingerprint density at radius 3 is 2.62 bits per heavy atom. The molecule has 192 valence electrons. The van der Waals surface area contributed by atoms with E-state index in [2.05, 4.69) is 27.2 Å². The number of Topliss-reactive ketones (excluding diaryl/α,β-unsaturated/α-hetero) is 2. The van der Waals surface area contributed by atoms with E-state index in [1.54, 1.807) is 36.2 Å². The highest BCUT2D eigenvalue weighted by atomic mass is 32.2. The second kappa shape index (κ2) is 7.60. The van der Waals surface area contributed by atoms with Gasteiger partial charge < -0.3 is 21.0 Å². The number of hydrogen-bond donors (Lipinski definition) is 4. The van der Waals surface area contributed by atoms with E-state index in [0.717, 1.165) is 45.1 Å².